The summed E-state index contributed by atoms with van der Waals surface area (Å²) in [5, 5.41) is 18.9. The van der Waals surface area contributed by atoms with Gasteiger partial charge in [0, 0.05) is 5.56 Å². The standard InChI is InChI=1S/C18H19NO2/c1-12(2)15-6-4-5-7-17(15)21-18-10-14(11-19)8-9-16(18)13(3)20/h4-10,12-13,20H,1-3H3/t13-/m0/s1. The van der Waals surface area contributed by atoms with Gasteiger partial charge in [-0.3, -0.25) is 0 Å². The summed E-state index contributed by atoms with van der Waals surface area (Å²) in [6, 6.07) is 15.0. The molecule has 21 heavy (non-hydrogen) atoms. The molecule has 0 aliphatic heterocycles. The average Bonchev–Trinajstić information content (AvgIpc) is 2.47. The summed E-state index contributed by atoms with van der Waals surface area (Å²) >= 11 is 0. The molecule has 0 heterocycles. The molecule has 3 heteroatoms. The normalized spacial score (nSPS) is 12.0. The summed E-state index contributed by atoms with van der Waals surface area (Å²) in [6.07, 6.45) is -0.654. The van der Waals surface area contributed by atoms with Gasteiger partial charge in [0.05, 0.1) is 17.7 Å². The highest BCUT2D eigenvalue weighted by atomic mass is 16.5. The van der Waals surface area contributed by atoms with Crippen LogP contribution in [0, 0.1) is 11.3 Å². The lowest BCUT2D eigenvalue weighted by Gasteiger charge is -2.17. The molecule has 0 radical (unpaired) electrons. The quantitative estimate of drug-likeness (QED) is 0.896. The van der Waals surface area contributed by atoms with Crippen LogP contribution in [0.25, 0.3) is 0 Å². The zero-order valence-corrected chi connectivity index (χ0v) is 12.5. The molecule has 0 aromatic heterocycles. The van der Waals surface area contributed by atoms with Crippen molar-refractivity contribution >= 4 is 0 Å². The van der Waals surface area contributed by atoms with Crippen LogP contribution < -0.4 is 4.74 Å². The number of hydrogen-bond donors (Lipinski definition) is 1. The summed E-state index contributed by atoms with van der Waals surface area (Å²) < 4.78 is 5.99. The summed E-state index contributed by atoms with van der Waals surface area (Å²) in [7, 11) is 0. The number of nitrogens with zero attached hydrogens (tertiary/aromatic N) is 1. The fourth-order valence-electron chi connectivity index (χ4n) is 2.21. The van der Waals surface area contributed by atoms with Crippen LogP contribution in [0.3, 0.4) is 0 Å². The van der Waals surface area contributed by atoms with Crippen molar-refractivity contribution in [3.8, 4) is 17.6 Å². The monoisotopic (exact) mass is 281 g/mol. The van der Waals surface area contributed by atoms with E-state index in [0.29, 0.717) is 22.8 Å². The number of aliphatic hydroxyl groups excluding tert-OH is 1. The van der Waals surface area contributed by atoms with E-state index in [0.717, 1.165) is 11.3 Å². The van der Waals surface area contributed by atoms with Crippen molar-refractivity contribution in [2.24, 2.45) is 0 Å². The van der Waals surface area contributed by atoms with Gasteiger partial charge < -0.3 is 9.84 Å². The Kier molecular flexibility index (Phi) is 4.62. The second-order valence-electron chi connectivity index (χ2n) is 5.33. The number of para-hydroxylation sites is 1. The third-order valence-corrected chi connectivity index (χ3v) is 3.35. The predicted octanol–water partition coefficient (Wildman–Crippen LogP) is 4.53. The van der Waals surface area contributed by atoms with Crippen LogP contribution in [0.1, 0.15) is 49.5 Å². The van der Waals surface area contributed by atoms with Gasteiger partial charge in [0.25, 0.3) is 0 Å². The summed E-state index contributed by atoms with van der Waals surface area (Å²) in [6.45, 7) is 5.88. The Hall–Kier alpha value is -2.31. The molecule has 0 aliphatic carbocycles. The average molecular weight is 281 g/mol. The van der Waals surface area contributed by atoms with Gasteiger partial charge in [-0.15, -0.1) is 0 Å². The van der Waals surface area contributed by atoms with E-state index < -0.39 is 6.10 Å². The van der Waals surface area contributed by atoms with Crippen LogP contribution in [0.15, 0.2) is 42.5 Å². The lowest BCUT2D eigenvalue weighted by molar-refractivity contribution is 0.195. The molecule has 1 atom stereocenters. The van der Waals surface area contributed by atoms with Crippen LogP contribution in [-0.4, -0.2) is 5.11 Å². The molecule has 0 aliphatic rings. The molecule has 0 unspecified atom stereocenters. The largest absolute Gasteiger partial charge is 0.457 e. The second kappa shape index (κ2) is 6.43. The van der Waals surface area contributed by atoms with Gasteiger partial charge in [-0.05, 0) is 36.6 Å². The molecule has 0 amide bonds. The maximum absolute atomic E-state index is 9.86. The van der Waals surface area contributed by atoms with E-state index in [1.54, 1.807) is 25.1 Å². The first-order valence-corrected chi connectivity index (χ1v) is 7.01. The van der Waals surface area contributed by atoms with E-state index in [4.69, 9.17) is 10.00 Å². The van der Waals surface area contributed by atoms with Gasteiger partial charge >= 0.3 is 0 Å². The molecule has 0 saturated heterocycles. The SMILES string of the molecule is CC(C)c1ccccc1Oc1cc(C#N)ccc1[C@H](C)O. The first-order valence-electron chi connectivity index (χ1n) is 7.01. The topological polar surface area (TPSA) is 53.2 Å². The molecule has 2 aromatic carbocycles. The summed E-state index contributed by atoms with van der Waals surface area (Å²) in [4.78, 5) is 0. The number of nitriles is 1. The fourth-order valence-corrected chi connectivity index (χ4v) is 2.21. The van der Waals surface area contributed by atoms with Gasteiger partial charge in [0.2, 0.25) is 0 Å². The number of rotatable bonds is 4. The van der Waals surface area contributed by atoms with Crippen molar-refractivity contribution in [1.82, 2.24) is 0 Å². The Labute approximate surface area is 125 Å². The van der Waals surface area contributed by atoms with Crippen molar-refractivity contribution in [2.75, 3.05) is 0 Å². The molecule has 0 saturated carbocycles. The van der Waals surface area contributed by atoms with Crippen molar-refractivity contribution in [1.29, 1.82) is 5.26 Å². The molecule has 3 nitrogen and oxygen atoms in total. The number of benzene rings is 2. The zero-order chi connectivity index (χ0) is 15.4. The minimum absolute atomic E-state index is 0.329. The predicted molar refractivity (Wildman–Crippen MR) is 82.4 cm³/mol. The minimum Gasteiger partial charge on any atom is -0.457 e. The molecule has 0 fully saturated rings. The Balaban J connectivity index is 2.46. The zero-order valence-electron chi connectivity index (χ0n) is 12.5. The van der Waals surface area contributed by atoms with Crippen molar-refractivity contribution in [3.05, 3.63) is 59.2 Å². The maximum atomic E-state index is 9.86. The molecule has 2 rings (SSSR count). The smallest absolute Gasteiger partial charge is 0.134 e. The van der Waals surface area contributed by atoms with E-state index in [-0.39, 0.29) is 0 Å². The van der Waals surface area contributed by atoms with Gasteiger partial charge in [-0.25, -0.2) is 0 Å². The van der Waals surface area contributed by atoms with Gasteiger partial charge in [0.15, 0.2) is 0 Å². The Morgan fingerprint density at radius 3 is 2.33 bits per heavy atom. The molecule has 1 N–H and O–H groups in total. The van der Waals surface area contributed by atoms with Gasteiger partial charge in [0.1, 0.15) is 11.5 Å². The summed E-state index contributed by atoms with van der Waals surface area (Å²) in [5.41, 5.74) is 2.28. The number of ether oxygens (including phenoxy) is 1. The van der Waals surface area contributed by atoms with Crippen molar-refractivity contribution in [3.63, 3.8) is 0 Å². The lowest BCUT2D eigenvalue weighted by atomic mass is 10.0. The molecule has 0 bridgehead atoms. The lowest BCUT2D eigenvalue weighted by Crippen LogP contribution is -1.99. The van der Waals surface area contributed by atoms with E-state index >= 15 is 0 Å². The summed E-state index contributed by atoms with van der Waals surface area (Å²) in [5.74, 6) is 1.61. The molecule has 2 aromatic rings. The maximum Gasteiger partial charge on any atom is 0.134 e. The molecule has 108 valence electrons. The fraction of sp³-hybridized carbons (Fsp3) is 0.278. The van der Waals surface area contributed by atoms with E-state index in [2.05, 4.69) is 19.9 Å². The van der Waals surface area contributed by atoms with Crippen LogP contribution >= 0.6 is 0 Å². The third-order valence-electron chi connectivity index (χ3n) is 3.35. The highest BCUT2D eigenvalue weighted by Crippen LogP contribution is 2.34. The third kappa shape index (κ3) is 3.42. The molecular formula is C18H19NO2. The molecular weight excluding hydrogens is 262 g/mol. The molecule has 0 spiro atoms. The Bertz CT molecular complexity index is 669. The van der Waals surface area contributed by atoms with Crippen molar-refractivity contribution < 1.29 is 9.84 Å². The van der Waals surface area contributed by atoms with Crippen molar-refractivity contribution in [2.45, 2.75) is 32.8 Å². The van der Waals surface area contributed by atoms with E-state index in [9.17, 15) is 5.11 Å². The first-order chi connectivity index (χ1) is 10.0. The van der Waals surface area contributed by atoms with Crippen LogP contribution in [0.2, 0.25) is 0 Å². The highest BCUT2D eigenvalue weighted by Gasteiger charge is 2.14. The second-order valence-corrected chi connectivity index (χ2v) is 5.33. The first kappa shape index (κ1) is 15.1. The Morgan fingerprint density at radius 1 is 1.00 bits per heavy atom. The minimum atomic E-state index is -0.654. The van der Waals surface area contributed by atoms with Gasteiger partial charge in [-0.1, -0.05) is 38.1 Å². The van der Waals surface area contributed by atoms with Crippen LogP contribution in [-0.2, 0) is 0 Å². The van der Waals surface area contributed by atoms with Crippen LogP contribution in [0.4, 0.5) is 0 Å². The highest BCUT2D eigenvalue weighted by molar-refractivity contribution is 5.47. The van der Waals surface area contributed by atoms with Crippen LogP contribution in [0.5, 0.6) is 11.5 Å². The Morgan fingerprint density at radius 2 is 1.71 bits per heavy atom. The van der Waals surface area contributed by atoms with E-state index in [1.165, 1.54) is 0 Å². The number of aliphatic hydroxyl groups is 1. The van der Waals surface area contributed by atoms with E-state index in [1.807, 2.05) is 24.3 Å². The van der Waals surface area contributed by atoms with Gasteiger partial charge in [-0.2, -0.15) is 5.26 Å². The number of hydrogen-bond acceptors (Lipinski definition) is 3.